The van der Waals surface area contributed by atoms with Crippen LogP contribution in [0.25, 0.3) is 0 Å². The Hall–Kier alpha value is -1.19. The van der Waals surface area contributed by atoms with E-state index in [9.17, 15) is 13.2 Å². The molecule has 112 valence electrons. The van der Waals surface area contributed by atoms with E-state index in [-0.39, 0.29) is 13.1 Å². The average molecular weight is 319 g/mol. The Kier molecular flexibility index (Phi) is 4.31. The van der Waals surface area contributed by atoms with Crippen molar-refractivity contribution in [3.05, 3.63) is 10.6 Å². The number of carbonyl (C=O) groups is 1. The molecular formula is C11H17N3O4S2. The van der Waals surface area contributed by atoms with Crippen LogP contribution in [0.4, 0.5) is 5.13 Å². The normalized spacial score (nSPS) is 18.1. The van der Waals surface area contributed by atoms with Gasteiger partial charge in [-0.1, -0.05) is 0 Å². The highest BCUT2D eigenvalue weighted by Crippen LogP contribution is 2.25. The van der Waals surface area contributed by atoms with E-state index in [2.05, 4.69) is 9.71 Å². The first-order chi connectivity index (χ1) is 9.29. The van der Waals surface area contributed by atoms with Crippen molar-refractivity contribution in [1.29, 1.82) is 0 Å². The highest BCUT2D eigenvalue weighted by Gasteiger charge is 2.31. The summed E-state index contributed by atoms with van der Waals surface area (Å²) in [5.74, 6) is -1.31. The number of nitrogens with one attached hydrogen (secondary N) is 1. The van der Waals surface area contributed by atoms with Gasteiger partial charge in [0.05, 0.1) is 11.6 Å². The maximum Gasteiger partial charge on any atom is 0.306 e. The van der Waals surface area contributed by atoms with Gasteiger partial charge < -0.3 is 5.11 Å². The molecule has 1 fully saturated rings. The minimum Gasteiger partial charge on any atom is -0.481 e. The largest absolute Gasteiger partial charge is 0.481 e. The molecule has 1 aromatic rings. The van der Waals surface area contributed by atoms with E-state index in [4.69, 9.17) is 5.11 Å². The smallest absolute Gasteiger partial charge is 0.306 e. The number of thiazole rings is 1. The summed E-state index contributed by atoms with van der Waals surface area (Å²) in [5.41, 5.74) is 0.803. The number of carboxylic acid groups (broad SMARTS) is 1. The number of hydrogen-bond acceptors (Lipinski definition) is 5. The fraction of sp³-hybridized carbons (Fsp3) is 0.636. The summed E-state index contributed by atoms with van der Waals surface area (Å²) in [6.07, 6.45) is 0.679. The maximum absolute atomic E-state index is 12.2. The third-order valence-electron chi connectivity index (χ3n) is 3.39. The summed E-state index contributed by atoms with van der Waals surface area (Å²) in [5, 5.41) is 9.25. The highest BCUT2D eigenvalue weighted by atomic mass is 32.2. The fourth-order valence-electron chi connectivity index (χ4n) is 2.03. The zero-order valence-corrected chi connectivity index (χ0v) is 12.9. The fourth-order valence-corrected chi connectivity index (χ4v) is 4.27. The summed E-state index contributed by atoms with van der Waals surface area (Å²) in [7, 11) is -3.65. The monoisotopic (exact) mass is 319 g/mol. The second-order valence-electron chi connectivity index (χ2n) is 4.78. The van der Waals surface area contributed by atoms with Crippen molar-refractivity contribution in [1.82, 2.24) is 9.29 Å². The molecular weight excluding hydrogens is 302 g/mol. The molecule has 1 aliphatic rings. The number of rotatable bonds is 4. The zero-order valence-electron chi connectivity index (χ0n) is 11.3. The van der Waals surface area contributed by atoms with E-state index < -0.39 is 22.1 Å². The van der Waals surface area contributed by atoms with Crippen molar-refractivity contribution < 1.29 is 18.3 Å². The van der Waals surface area contributed by atoms with Crippen LogP contribution >= 0.6 is 11.3 Å². The van der Waals surface area contributed by atoms with Crippen molar-refractivity contribution in [2.24, 2.45) is 5.92 Å². The molecule has 0 amide bonds. The summed E-state index contributed by atoms with van der Waals surface area (Å²) < 4.78 is 28.1. The van der Waals surface area contributed by atoms with Gasteiger partial charge >= 0.3 is 16.2 Å². The van der Waals surface area contributed by atoms with Crippen LogP contribution in [-0.4, -0.2) is 41.9 Å². The molecule has 0 spiro atoms. The second-order valence-corrected chi connectivity index (χ2v) is 7.65. The lowest BCUT2D eigenvalue weighted by molar-refractivity contribution is -0.142. The quantitative estimate of drug-likeness (QED) is 0.869. The molecule has 9 heteroatoms. The number of hydrogen-bond donors (Lipinski definition) is 2. The van der Waals surface area contributed by atoms with Crippen LogP contribution in [0.15, 0.2) is 0 Å². The van der Waals surface area contributed by atoms with Crippen molar-refractivity contribution in [2.75, 3.05) is 17.8 Å². The van der Waals surface area contributed by atoms with E-state index in [0.717, 1.165) is 10.6 Å². The van der Waals surface area contributed by atoms with Crippen molar-refractivity contribution in [3.8, 4) is 0 Å². The summed E-state index contributed by atoms with van der Waals surface area (Å²) in [6, 6.07) is 0. The molecule has 1 saturated heterocycles. The summed E-state index contributed by atoms with van der Waals surface area (Å²) in [6.45, 7) is 4.14. The lowest BCUT2D eigenvalue weighted by atomic mass is 9.99. The lowest BCUT2D eigenvalue weighted by Gasteiger charge is -2.28. The second kappa shape index (κ2) is 5.66. The third-order valence-corrected chi connectivity index (χ3v) is 6.00. The van der Waals surface area contributed by atoms with Gasteiger partial charge in [0.15, 0.2) is 5.13 Å². The number of aliphatic carboxylic acids is 1. The van der Waals surface area contributed by atoms with E-state index in [1.54, 1.807) is 0 Å². The van der Waals surface area contributed by atoms with Gasteiger partial charge in [-0.25, -0.2) is 9.71 Å². The molecule has 2 heterocycles. The van der Waals surface area contributed by atoms with Gasteiger partial charge in [-0.15, -0.1) is 11.3 Å². The van der Waals surface area contributed by atoms with Gasteiger partial charge in [0, 0.05) is 18.0 Å². The van der Waals surface area contributed by atoms with Crippen molar-refractivity contribution in [2.45, 2.75) is 26.7 Å². The number of piperidine rings is 1. The molecule has 7 nitrogen and oxygen atoms in total. The van der Waals surface area contributed by atoms with Gasteiger partial charge in [-0.3, -0.25) is 4.79 Å². The molecule has 20 heavy (non-hydrogen) atoms. The molecule has 2 rings (SSSR count). The molecule has 0 radical (unpaired) electrons. The van der Waals surface area contributed by atoms with Gasteiger partial charge in [0.25, 0.3) is 0 Å². The number of nitrogens with zero attached hydrogens (tertiary/aromatic N) is 2. The van der Waals surface area contributed by atoms with Gasteiger partial charge in [-0.2, -0.15) is 12.7 Å². The average Bonchev–Trinajstić information content (AvgIpc) is 2.67. The van der Waals surface area contributed by atoms with Crippen LogP contribution < -0.4 is 4.72 Å². The van der Waals surface area contributed by atoms with E-state index >= 15 is 0 Å². The molecule has 0 saturated carbocycles. The summed E-state index contributed by atoms with van der Waals surface area (Å²) in [4.78, 5) is 16.0. The topological polar surface area (TPSA) is 99.6 Å². The van der Waals surface area contributed by atoms with Crippen molar-refractivity contribution in [3.63, 3.8) is 0 Å². The number of anilines is 1. The lowest BCUT2D eigenvalue weighted by Crippen LogP contribution is -2.42. The van der Waals surface area contributed by atoms with Crippen LogP contribution in [0.2, 0.25) is 0 Å². The maximum atomic E-state index is 12.2. The molecule has 0 atom stereocenters. The van der Waals surface area contributed by atoms with Crippen molar-refractivity contribution >= 4 is 32.6 Å². The van der Waals surface area contributed by atoms with Gasteiger partial charge in [0.2, 0.25) is 0 Å². The Bertz CT molecular complexity index is 584. The van der Waals surface area contributed by atoms with E-state index in [1.807, 2.05) is 13.8 Å². The van der Waals surface area contributed by atoms with Crippen LogP contribution in [-0.2, 0) is 15.0 Å². The molecule has 0 aliphatic carbocycles. The summed E-state index contributed by atoms with van der Waals surface area (Å²) >= 11 is 1.29. The number of carboxylic acids is 1. The Labute approximate surface area is 121 Å². The highest BCUT2D eigenvalue weighted by molar-refractivity contribution is 7.90. The SMILES string of the molecule is Cc1nc(NS(=O)(=O)N2CCC(C(=O)O)CC2)sc1C. The predicted molar refractivity (Wildman–Crippen MR) is 76.1 cm³/mol. The molecule has 0 unspecified atom stereocenters. The van der Waals surface area contributed by atoms with Crippen LogP contribution in [0, 0.1) is 19.8 Å². The Morgan fingerprint density at radius 2 is 2.00 bits per heavy atom. The molecule has 0 aromatic carbocycles. The third kappa shape index (κ3) is 3.28. The van der Waals surface area contributed by atoms with Gasteiger partial charge in [0.1, 0.15) is 0 Å². The minimum atomic E-state index is -3.65. The first-order valence-corrected chi connectivity index (χ1v) is 8.50. The molecule has 0 bridgehead atoms. The first kappa shape index (κ1) is 15.2. The predicted octanol–water partition coefficient (Wildman–Crippen LogP) is 1.21. The Morgan fingerprint density at radius 3 is 2.45 bits per heavy atom. The van der Waals surface area contributed by atoms with Crippen LogP contribution in [0.1, 0.15) is 23.4 Å². The van der Waals surface area contributed by atoms with E-state index in [0.29, 0.717) is 18.0 Å². The standard InChI is InChI=1S/C11H17N3O4S2/c1-7-8(2)19-11(12-7)13-20(17,18)14-5-3-9(4-6-14)10(15)16/h9H,3-6H2,1-2H3,(H,12,13)(H,15,16). The zero-order chi connectivity index (χ0) is 14.9. The number of aryl methyl sites for hydroxylation is 2. The molecule has 2 N–H and O–H groups in total. The Morgan fingerprint density at radius 1 is 1.40 bits per heavy atom. The van der Waals surface area contributed by atoms with Crippen LogP contribution in [0.5, 0.6) is 0 Å². The molecule has 1 aliphatic heterocycles. The molecule has 1 aromatic heterocycles. The number of aromatic nitrogens is 1. The minimum absolute atomic E-state index is 0.218. The Balaban J connectivity index is 2.03. The first-order valence-electron chi connectivity index (χ1n) is 6.24. The van der Waals surface area contributed by atoms with E-state index in [1.165, 1.54) is 15.6 Å². The van der Waals surface area contributed by atoms with Crippen LogP contribution in [0.3, 0.4) is 0 Å². The van der Waals surface area contributed by atoms with Gasteiger partial charge in [-0.05, 0) is 26.7 Å².